The summed E-state index contributed by atoms with van der Waals surface area (Å²) in [4.78, 5) is 27.9. The molecule has 8 nitrogen and oxygen atoms in total. The SMILES string of the molecule is Cc1ccn2c(CC3CN(C(=O)O)CCO3)c(-c3c(F)cc(C(F)(F)C(N)=O)cc3F)nc2c1. The zero-order valence-corrected chi connectivity index (χ0v) is 17.9. The molecule has 4 rings (SSSR count). The van der Waals surface area contributed by atoms with Crippen LogP contribution in [0, 0.1) is 18.6 Å². The average molecular weight is 480 g/mol. The van der Waals surface area contributed by atoms with E-state index in [-0.39, 0.29) is 31.8 Å². The molecule has 2 aromatic heterocycles. The highest BCUT2D eigenvalue weighted by molar-refractivity contribution is 5.83. The Kier molecular flexibility index (Phi) is 5.94. The van der Waals surface area contributed by atoms with Crippen LogP contribution < -0.4 is 5.73 Å². The molecule has 1 aromatic carbocycles. The van der Waals surface area contributed by atoms with Crippen molar-refractivity contribution in [2.24, 2.45) is 5.73 Å². The van der Waals surface area contributed by atoms with E-state index in [9.17, 15) is 23.5 Å². The Morgan fingerprint density at radius 1 is 1.26 bits per heavy atom. The van der Waals surface area contributed by atoms with Gasteiger partial charge in [0, 0.05) is 24.7 Å². The molecule has 3 aromatic rings. The molecule has 0 spiro atoms. The van der Waals surface area contributed by atoms with Crippen molar-refractivity contribution in [2.45, 2.75) is 25.4 Å². The summed E-state index contributed by atoms with van der Waals surface area (Å²) in [5.41, 5.74) is 4.12. The largest absolute Gasteiger partial charge is 0.465 e. The Morgan fingerprint density at radius 3 is 2.56 bits per heavy atom. The lowest BCUT2D eigenvalue weighted by Gasteiger charge is -2.31. The van der Waals surface area contributed by atoms with Crippen LogP contribution in [-0.2, 0) is 21.9 Å². The van der Waals surface area contributed by atoms with Crippen LogP contribution in [0.5, 0.6) is 0 Å². The highest BCUT2D eigenvalue weighted by atomic mass is 19.3. The van der Waals surface area contributed by atoms with Crippen molar-refractivity contribution < 1.29 is 37.0 Å². The van der Waals surface area contributed by atoms with E-state index < -0.39 is 46.8 Å². The monoisotopic (exact) mass is 480 g/mol. The Balaban J connectivity index is 1.83. The Hall–Kier alpha value is -3.67. The van der Waals surface area contributed by atoms with Gasteiger partial charge in [-0.25, -0.2) is 18.6 Å². The number of pyridine rings is 1. The lowest BCUT2D eigenvalue weighted by molar-refractivity contribution is -0.143. The number of hydrogen-bond donors (Lipinski definition) is 2. The van der Waals surface area contributed by atoms with Crippen LogP contribution in [0.25, 0.3) is 16.9 Å². The van der Waals surface area contributed by atoms with E-state index in [1.165, 1.54) is 4.90 Å². The topological polar surface area (TPSA) is 110 Å². The van der Waals surface area contributed by atoms with Gasteiger partial charge in [0.1, 0.15) is 17.3 Å². The maximum Gasteiger partial charge on any atom is 0.407 e. The molecule has 1 saturated heterocycles. The number of carbonyl (C=O) groups excluding carboxylic acids is 1. The molecule has 34 heavy (non-hydrogen) atoms. The Labute approximate surface area is 190 Å². The third-order valence-corrected chi connectivity index (χ3v) is 5.66. The summed E-state index contributed by atoms with van der Waals surface area (Å²) >= 11 is 0. The first-order valence-electron chi connectivity index (χ1n) is 10.2. The first kappa shape index (κ1) is 23.5. The van der Waals surface area contributed by atoms with E-state index in [1.807, 2.05) is 0 Å². The number of carboxylic acid groups (broad SMARTS) is 1. The summed E-state index contributed by atoms with van der Waals surface area (Å²) in [6.45, 7) is 2.15. The Bertz CT molecular complexity index is 1270. The van der Waals surface area contributed by atoms with Crippen molar-refractivity contribution in [1.29, 1.82) is 0 Å². The number of aromatic nitrogens is 2. The van der Waals surface area contributed by atoms with Crippen LogP contribution in [0.1, 0.15) is 16.8 Å². The number of halogens is 4. The third-order valence-electron chi connectivity index (χ3n) is 5.66. The summed E-state index contributed by atoms with van der Waals surface area (Å²) in [7, 11) is 0. The quantitative estimate of drug-likeness (QED) is 0.546. The average Bonchev–Trinajstić information content (AvgIpc) is 3.10. The van der Waals surface area contributed by atoms with E-state index in [2.05, 4.69) is 10.7 Å². The highest BCUT2D eigenvalue weighted by Gasteiger charge is 2.40. The van der Waals surface area contributed by atoms with Crippen molar-refractivity contribution in [2.75, 3.05) is 19.7 Å². The van der Waals surface area contributed by atoms with Gasteiger partial charge in [0.2, 0.25) is 0 Å². The maximum absolute atomic E-state index is 15.0. The lowest BCUT2D eigenvalue weighted by Crippen LogP contribution is -2.45. The molecule has 1 unspecified atom stereocenters. The number of imidazole rings is 1. The number of carbonyl (C=O) groups is 2. The van der Waals surface area contributed by atoms with Gasteiger partial charge in [-0.05, 0) is 36.8 Å². The number of rotatable bonds is 5. The van der Waals surface area contributed by atoms with Crippen molar-refractivity contribution in [1.82, 2.24) is 14.3 Å². The van der Waals surface area contributed by atoms with Gasteiger partial charge in [0.05, 0.1) is 36.2 Å². The van der Waals surface area contributed by atoms with Crippen LogP contribution in [0.15, 0.2) is 30.5 Å². The lowest BCUT2D eigenvalue weighted by atomic mass is 10.00. The van der Waals surface area contributed by atoms with E-state index in [0.29, 0.717) is 23.5 Å². The highest BCUT2D eigenvalue weighted by Crippen LogP contribution is 2.36. The minimum atomic E-state index is -4.27. The molecule has 0 bridgehead atoms. The maximum atomic E-state index is 15.0. The molecule has 2 amide bonds. The summed E-state index contributed by atoms with van der Waals surface area (Å²) in [6, 6.07) is 4.12. The number of amides is 2. The van der Waals surface area contributed by atoms with Crippen molar-refractivity contribution in [3.05, 3.63) is 58.9 Å². The third kappa shape index (κ3) is 4.16. The number of morpholine rings is 1. The van der Waals surface area contributed by atoms with Gasteiger partial charge in [-0.15, -0.1) is 0 Å². The molecule has 0 radical (unpaired) electrons. The van der Waals surface area contributed by atoms with Crippen molar-refractivity contribution in [3.8, 4) is 11.3 Å². The molecule has 1 atom stereocenters. The van der Waals surface area contributed by atoms with E-state index in [0.717, 1.165) is 5.56 Å². The summed E-state index contributed by atoms with van der Waals surface area (Å²) in [5.74, 6) is -9.02. The summed E-state index contributed by atoms with van der Waals surface area (Å²) < 4.78 is 65.3. The number of benzene rings is 1. The van der Waals surface area contributed by atoms with Crippen LogP contribution in [-0.4, -0.2) is 57.2 Å². The van der Waals surface area contributed by atoms with Crippen LogP contribution in [0.4, 0.5) is 22.4 Å². The number of primary amides is 1. The molecule has 3 N–H and O–H groups in total. The minimum Gasteiger partial charge on any atom is -0.465 e. The molecule has 180 valence electrons. The zero-order valence-electron chi connectivity index (χ0n) is 17.9. The number of aryl methyl sites for hydroxylation is 1. The van der Waals surface area contributed by atoms with Gasteiger partial charge in [-0.3, -0.25) is 4.79 Å². The summed E-state index contributed by atoms with van der Waals surface area (Å²) in [5, 5.41) is 9.28. The summed E-state index contributed by atoms with van der Waals surface area (Å²) in [6.07, 6.45) is -0.0686. The van der Waals surface area contributed by atoms with Gasteiger partial charge in [0.25, 0.3) is 5.91 Å². The van der Waals surface area contributed by atoms with Gasteiger partial charge < -0.3 is 24.9 Å². The van der Waals surface area contributed by atoms with Gasteiger partial charge in [-0.1, -0.05) is 0 Å². The smallest absolute Gasteiger partial charge is 0.407 e. The second-order valence-corrected chi connectivity index (χ2v) is 8.02. The fourth-order valence-corrected chi connectivity index (χ4v) is 3.95. The number of hydrogen-bond acceptors (Lipinski definition) is 4. The fraction of sp³-hybridized carbons (Fsp3) is 0.318. The number of nitrogens with two attached hydrogens (primary N) is 1. The van der Waals surface area contributed by atoms with E-state index >= 15 is 8.78 Å². The number of alkyl halides is 2. The predicted octanol–water partition coefficient (Wildman–Crippen LogP) is 3.09. The standard InChI is InChI=1S/C22H20F4N4O4/c1-11-2-3-30-16(9-13-10-29(21(32)33)4-5-34-13)19(28-17(30)6-11)18-14(23)7-12(8-15(18)24)22(25,26)20(27)31/h2-3,6-8,13H,4-5,9-10H2,1H3,(H2,27,31)(H,32,33). The molecular formula is C22H20F4N4O4. The van der Waals surface area contributed by atoms with Crippen LogP contribution >= 0.6 is 0 Å². The Morgan fingerprint density at radius 2 is 1.94 bits per heavy atom. The molecule has 0 aliphatic carbocycles. The molecule has 1 aliphatic heterocycles. The van der Waals surface area contributed by atoms with Gasteiger partial charge >= 0.3 is 12.0 Å². The fourth-order valence-electron chi connectivity index (χ4n) is 3.95. The number of ether oxygens (including phenoxy) is 1. The molecule has 12 heteroatoms. The molecule has 1 fully saturated rings. The molecule has 1 aliphatic rings. The first-order chi connectivity index (χ1) is 16.0. The molecular weight excluding hydrogens is 460 g/mol. The van der Waals surface area contributed by atoms with Crippen molar-refractivity contribution in [3.63, 3.8) is 0 Å². The molecule has 0 saturated carbocycles. The normalized spacial score (nSPS) is 16.7. The van der Waals surface area contributed by atoms with E-state index in [4.69, 9.17) is 4.74 Å². The molecule has 3 heterocycles. The zero-order chi connectivity index (χ0) is 24.8. The van der Waals surface area contributed by atoms with E-state index in [1.54, 1.807) is 29.7 Å². The second-order valence-electron chi connectivity index (χ2n) is 8.02. The van der Waals surface area contributed by atoms with Gasteiger partial charge in [-0.2, -0.15) is 8.78 Å². The van der Waals surface area contributed by atoms with Crippen LogP contribution in [0.3, 0.4) is 0 Å². The van der Waals surface area contributed by atoms with Crippen LogP contribution in [0.2, 0.25) is 0 Å². The van der Waals surface area contributed by atoms with Gasteiger partial charge in [0.15, 0.2) is 0 Å². The first-order valence-corrected chi connectivity index (χ1v) is 10.2. The second kappa shape index (κ2) is 8.60. The number of fused-ring (bicyclic) bond motifs is 1. The van der Waals surface area contributed by atoms with Crippen molar-refractivity contribution >= 4 is 17.6 Å². The minimum absolute atomic E-state index is 0.0304. The predicted molar refractivity (Wildman–Crippen MR) is 111 cm³/mol. The number of nitrogens with zero attached hydrogens (tertiary/aromatic N) is 3.